The molecule has 2 rings (SSSR count). The van der Waals surface area contributed by atoms with Crippen LogP contribution >= 0.6 is 11.3 Å². The number of anilines is 2. The lowest BCUT2D eigenvalue weighted by Gasteiger charge is -2.18. The second-order valence-corrected chi connectivity index (χ2v) is 6.94. The molecule has 1 aromatic carbocycles. The van der Waals surface area contributed by atoms with Gasteiger partial charge in [0.2, 0.25) is 0 Å². The number of aromatic nitrogens is 1. The Balaban J connectivity index is 2.12. The summed E-state index contributed by atoms with van der Waals surface area (Å²) in [7, 11) is 2.09. The maximum Gasteiger partial charge on any atom is 0.190 e. The third-order valence-electron chi connectivity index (χ3n) is 3.48. The molecule has 2 aromatic rings. The van der Waals surface area contributed by atoms with Crippen LogP contribution < -0.4 is 10.2 Å². The molecule has 0 unspecified atom stereocenters. The van der Waals surface area contributed by atoms with Gasteiger partial charge in [-0.05, 0) is 37.9 Å². The highest BCUT2D eigenvalue weighted by atomic mass is 32.1. The monoisotopic (exact) mass is 303 g/mol. The average Bonchev–Trinajstić information content (AvgIpc) is 2.80. The van der Waals surface area contributed by atoms with Gasteiger partial charge >= 0.3 is 0 Å². The molecule has 1 N–H and O–H groups in total. The first-order chi connectivity index (χ1) is 9.99. The first-order valence-corrected chi connectivity index (χ1v) is 8.27. The van der Waals surface area contributed by atoms with E-state index in [4.69, 9.17) is 4.98 Å². The average molecular weight is 303 g/mol. The summed E-state index contributed by atoms with van der Waals surface area (Å²) in [4.78, 5) is 8.23. The largest absolute Gasteiger partial charge is 0.321 e. The van der Waals surface area contributed by atoms with Crippen molar-refractivity contribution in [1.82, 2.24) is 10.3 Å². The van der Waals surface area contributed by atoms with Gasteiger partial charge in [0, 0.05) is 24.2 Å². The molecule has 0 bridgehead atoms. The van der Waals surface area contributed by atoms with Crippen molar-refractivity contribution in [3.05, 3.63) is 40.4 Å². The van der Waals surface area contributed by atoms with Crippen molar-refractivity contribution in [2.45, 2.75) is 34.2 Å². The zero-order valence-corrected chi connectivity index (χ0v) is 14.4. The number of hydrogen-bond donors (Lipinski definition) is 1. The summed E-state index contributed by atoms with van der Waals surface area (Å²) in [6, 6.07) is 8.42. The summed E-state index contributed by atoms with van der Waals surface area (Å²) < 4.78 is 0. The van der Waals surface area contributed by atoms with Gasteiger partial charge < -0.3 is 10.2 Å². The van der Waals surface area contributed by atoms with Crippen LogP contribution in [0.4, 0.5) is 10.8 Å². The Morgan fingerprint density at radius 2 is 1.95 bits per heavy atom. The topological polar surface area (TPSA) is 28.2 Å². The number of rotatable bonds is 6. The van der Waals surface area contributed by atoms with Crippen molar-refractivity contribution >= 4 is 22.2 Å². The standard InChI is InChI=1S/C17H25N3S/c1-12(2)10-18-11-16-14(4)19-17(21-16)20(5)15-9-7-6-8-13(15)3/h6-9,12,18H,10-11H2,1-5H3. The molecule has 1 heterocycles. The van der Waals surface area contributed by atoms with Crippen LogP contribution in [0.15, 0.2) is 24.3 Å². The molecule has 114 valence electrons. The number of aryl methyl sites for hydroxylation is 2. The zero-order chi connectivity index (χ0) is 15.4. The van der Waals surface area contributed by atoms with Crippen molar-refractivity contribution in [3.63, 3.8) is 0 Å². The van der Waals surface area contributed by atoms with Gasteiger partial charge in [-0.15, -0.1) is 0 Å². The van der Waals surface area contributed by atoms with Gasteiger partial charge in [0.25, 0.3) is 0 Å². The summed E-state index contributed by atoms with van der Waals surface area (Å²) in [5.41, 5.74) is 3.62. The number of nitrogens with zero attached hydrogens (tertiary/aromatic N) is 2. The third-order valence-corrected chi connectivity index (χ3v) is 4.72. The predicted octanol–water partition coefficient (Wildman–Crippen LogP) is 4.27. The lowest BCUT2D eigenvalue weighted by Crippen LogP contribution is -2.18. The Kier molecular flexibility index (Phi) is 5.37. The molecule has 0 fully saturated rings. The van der Waals surface area contributed by atoms with Crippen molar-refractivity contribution in [3.8, 4) is 0 Å². The van der Waals surface area contributed by atoms with Crippen molar-refractivity contribution in [1.29, 1.82) is 0 Å². The number of para-hydroxylation sites is 1. The third kappa shape index (κ3) is 4.05. The van der Waals surface area contributed by atoms with E-state index in [1.54, 1.807) is 11.3 Å². The quantitative estimate of drug-likeness (QED) is 0.863. The Morgan fingerprint density at radius 3 is 2.62 bits per heavy atom. The number of hydrogen-bond acceptors (Lipinski definition) is 4. The van der Waals surface area contributed by atoms with E-state index in [1.807, 2.05) is 0 Å². The van der Waals surface area contributed by atoms with Gasteiger partial charge in [0.1, 0.15) is 0 Å². The van der Waals surface area contributed by atoms with Gasteiger partial charge in [0.05, 0.1) is 5.69 Å². The van der Waals surface area contributed by atoms with Crippen LogP contribution in [0.25, 0.3) is 0 Å². The summed E-state index contributed by atoms with van der Waals surface area (Å²) in [5, 5.41) is 4.56. The van der Waals surface area contributed by atoms with E-state index in [-0.39, 0.29) is 0 Å². The molecule has 0 saturated heterocycles. The molecular weight excluding hydrogens is 278 g/mol. The van der Waals surface area contributed by atoms with E-state index >= 15 is 0 Å². The molecule has 0 radical (unpaired) electrons. The van der Waals surface area contributed by atoms with Crippen LogP contribution in [-0.2, 0) is 6.54 Å². The van der Waals surface area contributed by atoms with Crippen LogP contribution in [-0.4, -0.2) is 18.6 Å². The van der Waals surface area contributed by atoms with Crippen LogP contribution in [0.2, 0.25) is 0 Å². The van der Waals surface area contributed by atoms with E-state index < -0.39 is 0 Å². The normalized spacial score (nSPS) is 11.1. The first-order valence-electron chi connectivity index (χ1n) is 7.45. The molecule has 0 atom stereocenters. The van der Waals surface area contributed by atoms with E-state index in [0.717, 1.165) is 23.9 Å². The lowest BCUT2D eigenvalue weighted by atomic mass is 10.2. The smallest absolute Gasteiger partial charge is 0.190 e. The maximum absolute atomic E-state index is 4.73. The van der Waals surface area contributed by atoms with E-state index in [2.05, 4.69) is 69.2 Å². The molecule has 0 aliphatic heterocycles. The molecule has 1 aromatic heterocycles. The molecule has 0 aliphatic carbocycles. The van der Waals surface area contributed by atoms with Crippen LogP contribution in [0, 0.1) is 19.8 Å². The van der Waals surface area contributed by atoms with Gasteiger partial charge in [-0.3, -0.25) is 0 Å². The van der Waals surface area contributed by atoms with Crippen LogP contribution in [0.5, 0.6) is 0 Å². The summed E-state index contributed by atoms with van der Waals surface area (Å²) in [5.74, 6) is 0.673. The highest BCUT2D eigenvalue weighted by Gasteiger charge is 2.13. The fraction of sp³-hybridized carbons (Fsp3) is 0.471. The zero-order valence-electron chi connectivity index (χ0n) is 13.6. The maximum atomic E-state index is 4.73. The van der Waals surface area contributed by atoms with Gasteiger partial charge in [-0.2, -0.15) is 0 Å². The Hall–Kier alpha value is -1.39. The Morgan fingerprint density at radius 1 is 1.24 bits per heavy atom. The van der Waals surface area contributed by atoms with Gasteiger partial charge in [-0.1, -0.05) is 43.4 Å². The second kappa shape index (κ2) is 7.05. The van der Waals surface area contributed by atoms with Gasteiger partial charge in [-0.25, -0.2) is 4.98 Å². The fourth-order valence-electron chi connectivity index (χ4n) is 2.24. The fourth-order valence-corrected chi connectivity index (χ4v) is 3.24. The molecular formula is C17H25N3S. The lowest BCUT2D eigenvalue weighted by molar-refractivity contribution is 0.554. The Labute approximate surface area is 132 Å². The van der Waals surface area contributed by atoms with Crippen molar-refractivity contribution < 1.29 is 0 Å². The van der Waals surface area contributed by atoms with Crippen molar-refractivity contribution in [2.75, 3.05) is 18.5 Å². The number of nitrogens with one attached hydrogen (secondary N) is 1. The van der Waals surface area contributed by atoms with E-state index in [1.165, 1.54) is 16.1 Å². The molecule has 3 nitrogen and oxygen atoms in total. The molecule has 0 aliphatic rings. The number of thiazole rings is 1. The summed E-state index contributed by atoms with van der Waals surface area (Å²) in [6.45, 7) is 10.6. The summed E-state index contributed by atoms with van der Waals surface area (Å²) in [6.07, 6.45) is 0. The molecule has 0 spiro atoms. The second-order valence-electron chi connectivity index (χ2n) is 5.88. The molecule has 21 heavy (non-hydrogen) atoms. The highest BCUT2D eigenvalue weighted by Crippen LogP contribution is 2.31. The minimum atomic E-state index is 0.673. The first kappa shape index (κ1) is 16.0. The highest BCUT2D eigenvalue weighted by molar-refractivity contribution is 7.15. The number of benzene rings is 1. The minimum Gasteiger partial charge on any atom is -0.321 e. The molecule has 0 saturated carbocycles. The van der Waals surface area contributed by atoms with Gasteiger partial charge in [0.15, 0.2) is 5.13 Å². The van der Waals surface area contributed by atoms with Crippen molar-refractivity contribution in [2.24, 2.45) is 5.92 Å². The molecule has 0 amide bonds. The van der Waals surface area contributed by atoms with Crippen LogP contribution in [0.1, 0.15) is 30.0 Å². The Bertz CT molecular complexity index is 589. The SMILES string of the molecule is Cc1ccccc1N(C)c1nc(C)c(CNCC(C)C)s1. The summed E-state index contributed by atoms with van der Waals surface area (Å²) >= 11 is 1.78. The van der Waals surface area contributed by atoms with E-state index in [9.17, 15) is 0 Å². The predicted molar refractivity (Wildman–Crippen MR) is 92.6 cm³/mol. The van der Waals surface area contributed by atoms with Crippen LogP contribution in [0.3, 0.4) is 0 Å². The molecule has 4 heteroatoms. The minimum absolute atomic E-state index is 0.673. The van der Waals surface area contributed by atoms with E-state index in [0.29, 0.717) is 5.92 Å².